The molecule has 0 bridgehead atoms. The highest BCUT2D eigenvalue weighted by atomic mass is 32.2. The molecule has 1 aromatic carbocycles. The third-order valence-electron chi connectivity index (χ3n) is 2.90. The molecule has 5 nitrogen and oxygen atoms in total. The van der Waals surface area contributed by atoms with Gasteiger partial charge in [0.1, 0.15) is 4.90 Å². The van der Waals surface area contributed by atoms with Gasteiger partial charge in [-0.3, -0.25) is 0 Å². The number of nitrogens with two attached hydrogens (primary N) is 1. The van der Waals surface area contributed by atoms with Crippen LogP contribution in [0.5, 0.6) is 0 Å². The fourth-order valence-electron chi connectivity index (χ4n) is 1.86. The van der Waals surface area contributed by atoms with Gasteiger partial charge in [0.2, 0.25) is 10.0 Å². The summed E-state index contributed by atoms with van der Waals surface area (Å²) in [5.41, 5.74) is 5.97. The maximum Gasteiger partial charge on any atom is 0.245 e. The molecule has 2 rings (SSSR count). The Balaban J connectivity index is 2.34. The standard InChI is InChI=1S/C12H15N3O2S/c13-8-3-9-15(10-6-7-10)18(16,17)12-5-2-1-4-11(12)14/h1-2,4-5,10H,3,6-7,9,14H2. The number of para-hydroxylation sites is 1. The first kappa shape index (κ1) is 12.9. The molecule has 96 valence electrons. The lowest BCUT2D eigenvalue weighted by atomic mass is 10.3. The monoisotopic (exact) mass is 265 g/mol. The fourth-order valence-corrected chi connectivity index (χ4v) is 3.67. The molecule has 0 atom stereocenters. The average molecular weight is 265 g/mol. The van der Waals surface area contributed by atoms with Gasteiger partial charge in [-0.25, -0.2) is 8.42 Å². The number of anilines is 1. The first-order valence-electron chi connectivity index (χ1n) is 5.80. The molecule has 1 aliphatic carbocycles. The maximum atomic E-state index is 12.5. The van der Waals surface area contributed by atoms with Crippen molar-refractivity contribution >= 4 is 15.7 Å². The van der Waals surface area contributed by atoms with Crippen LogP contribution in [0, 0.1) is 11.3 Å². The lowest BCUT2D eigenvalue weighted by molar-refractivity contribution is 0.411. The summed E-state index contributed by atoms with van der Waals surface area (Å²) < 4.78 is 26.4. The van der Waals surface area contributed by atoms with Gasteiger partial charge < -0.3 is 5.73 Å². The molecule has 0 aromatic heterocycles. The molecule has 1 aromatic rings. The van der Waals surface area contributed by atoms with Crippen LogP contribution < -0.4 is 5.73 Å². The second kappa shape index (κ2) is 4.96. The van der Waals surface area contributed by atoms with E-state index in [1.165, 1.54) is 10.4 Å². The van der Waals surface area contributed by atoms with Gasteiger partial charge in [0.15, 0.2) is 0 Å². The van der Waals surface area contributed by atoms with Crippen molar-refractivity contribution in [3.8, 4) is 6.07 Å². The van der Waals surface area contributed by atoms with Gasteiger partial charge >= 0.3 is 0 Å². The first-order valence-corrected chi connectivity index (χ1v) is 7.24. The minimum absolute atomic E-state index is 0.0305. The highest BCUT2D eigenvalue weighted by Gasteiger charge is 2.38. The number of hydrogen-bond acceptors (Lipinski definition) is 4. The van der Waals surface area contributed by atoms with Crippen LogP contribution in [-0.4, -0.2) is 25.3 Å². The van der Waals surface area contributed by atoms with Gasteiger partial charge in [-0.1, -0.05) is 12.1 Å². The highest BCUT2D eigenvalue weighted by Crippen LogP contribution is 2.33. The van der Waals surface area contributed by atoms with Crippen LogP contribution in [0.1, 0.15) is 19.3 Å². The van der Waals surface area contributed by atoms with Gasteiger partial charge in [0.25, 0.3) is 0 Å². The summed E-state index contributed by atoms with van der Waals surface area (Å²) in [6.45, 7) is 0.234. The van der Waals surface area contributed by atoms with Crippen molar-refractivity contribution in [1.82, 2.24) is 4.31 Å². The van der Waals surface area contributed by atoms with E-state index in [1.54, 1.807) is 18.2 Å². The van der Waals surface area contributed by atoms with Crippen molar-refractivity contribution in [2.45, 2.75) is 30.2 Å². The average Bonchev–Trinajstić information content (AvgIpc) is 3.14. The topological polar surface area (TPSA) is 87.2 Å². The lowest BCUT2D eigenvalue weighted by Crippen LogP contribution is -2.34. The van der Waals surface area contributed by atoms with Crippen LogP contribution in [0.2, 0.25) is 0 Å². The molecule has 0 amide bonds. The van der Waals surface area contributed by atoms with Crippen LogP contribution in [-0.2, 0) is 10.0 Å². The van der Waals surface area contributed by atoms with Crippen molar-refractivity contribution in [1.29, 1.82) is 5.26 Å². The summed E-state index contributed by atoms with van der Waals surface area (Å²) in [6.07, 6.45) is 1.91. The van der Waals surface area contributed by atoms with Gasteiger partial charge in [-0.2, -0.15) is 9.57 Å². The van der Waals surface area contributed by atoms with Crippen molar-refractivity contribution in [2.24, 2.45) is 0 Å². The Morgan fingerprint density at radius 1 is 1.39 bits per heavy atom. The number of nitrogen functional groups attached to an aromatic ring is 1. The summed E-state index contributed by atoms with van der Waals surface area (Å²) >= 11 is 0. The number of nitriles is 1. The Hall–Kier alpha value is -1.58. The Morgan fingerprint density at radius 3 is 2.61 bits per heavy atom. The van der Waals surface area contributed by atoms with Crippen LogP contribution in [0.25, 0.3) is 0 Å². The van der Waals surface area contributed by atoms with Crippen molar-refractivity contribution in [2.75, 3.05) is 12.3 Å². The molecule has 0 heterocycles. The smallest absolute Gasteiger partial charge is 0.245 e. The molecule has 0 aliphatic heterocycles. The molecule has 1 saturated carbocycles. The van der Waals surface area contributed by atoms with Crippen molar-refractivity contribution < 1.29 is 8.42 Å². The van der Waals surface area contributed by atoms with E-state index in [0.29, 0.717) is 0 Å². The number of rotatable bonds is 5. The fraction of sp³-hybridized carbons (Fsp3) is 0.417. The summed E-state index contributed by atoms with van der Waals surface area (Å²) in [5, 5.41) is 8.61. The Morgan fingerprint density at radius 2 is 2.06 bits per heavy atom. The van der Waals surface area contributed by atoms with E-state index < -0.39 is 10.0 Å². The maximum absolute atomic E-state index is 12.5. The van der Waals surface area contributed by atoms with Gasteiger partial charge in [0.05, 0.1) is 11.8 Å². The lowest BCUT2D eigenvalue weighted by Gasteiger charge is -2.21. The molecule has 0 spiro atoms. The highest BCUT2D eigenvalue weighted by molar-refractivity contribution is 7.89. The minimum Gasteiger partial charge on any atom is -0.398 e. The zero-order chi connectivity index (χ0) is 13.2. The van der Waals surface area contributed by atoms with E-state index >= 15 is 0 Å². The van der Waals surface area contributed by atoms with Gasteiger partial charge in [0, 0.05) is 19.0 Å². The Bertz CT molecular complexity index is 573. The predicted octanol–water partition coefficient (Wildman–Crippen LogP) is 1.34. The normalized spacial score (nSPS) is 15.6. The van der Waals surface area contributed by atoms with Gasteiger partial charge in [-0.05, 0) is 25.0 Å². The molecule has 0 radical (unpaired) electrons. The van der Waals surface area contributed by atoms with E-state index in [2.05, 4.69) is 0 Å². The van der Waals surface area contributed by atoms with Gasteiger partial charge in [-0.15, -0.1) is 0 Å². The SMILES string of the molecule is N#CCCN(C1CC1)S(=O)(=O)c1ccccc1N. The van der Waals surface area contributed by atoms with E-state index in [4.69, 9.17) is 11.0 Å². The van der Waals surface area contributed by atoms with E-state index in [1.807, 2.05) is 6.07 Å². The number of sulfonamides is 1. The van der Waals surface area contributed by atoms with E-state index in [9.17, 15) is 8.42 Å². The molecule has 1 aliphatic rings. The van der Waals surface area contributed by atoms with Crippen LogP contribution >= 0.6 is 0 Å². The van der Waals surface area contributed by atoms with E-state index in [0.717, 1.165) is 12.8 Å². The third kappa shape index (κ3) is 2.47. The van der Waals surface area contributed by atoms with Crippen LogP contribution in [0.15, 0.2) is 29.2 Å². The zero-order valence-electron chi connectivity index (χ0n) is 9.91. The molecule has 1 fully saturated rings. The number of hydrogen-bond donors (Lipinski definition) is 1. The van der Waals surface area contributed by atoms with Crippen molar-refractivity contribution in [3.05, 3.63) is 24.3 Å². The number of nitrogens with zero attached hydrogens (tertiary/aromatic N) is 2. The molecular formula is C12H15N3O2S. The van der Waals surface area contributed by atoms with E-state index in [-0.39, 0.29) is 29.6 Å². The second-order valence-electron chi connectivity index (χ2n) is 4.29. The largest absolute Gasteiger partial charge is 0.398 e. The summed E-state index contributed by atoms with van der Waals surface area (Å²) in [4.78, 5) is 0.134. The Labute approximate surface area is 107 Å². The molecule has 0 saturated heterocycles. The summed E-state index contributed by atoms with van der Waals surface area (Å²) in [7, 11) is -3.58. The zero-order valence-corrected chi connectivity index (χ0v) is 10.7. The third-order valence-corrected chi connectivity index (χ3v) is 4.93. The molecule has 0 unspecified atom stereocenters. The summed E-state index contributed by atoms with van der Waals surface area (Å²) in [6, 6.07) is 8.44. The second-order valence-corrected chi connectivity index (χ2v) is 6.15. The predicted molar refractivity (Wildman–Crippen MR) is 68.0 cm³/mol. The number of benzene rings is 1. The van der Waals surface area contributed by atoms with Crippen molar-refractivity contribution in [3.63, 3.8) is 0 Å². The molecule has 18 heavy (non-hydrogen) atoms. The quantitative estimate of drug-likeness (QED) is 0.814. The van der Waals surface area contributed by atoms with Crippen LogP contribution in [0.4, 0.5) is 5.69 Å². The molecule has 2 N–H and O–H groups in total. The van der Waals surface area contributed by atoms with Crippen LogP contribution in [0.3, 0.4) is 0 Å². The summed E-state index contributed by atoms with van der Waals surface area (Å²) in [5.74, 6) is 0. The molecular weight excluding hydrogens is 250 g/mol. The Kier molecular flexibility index (Phi) is 3.55. The minimum atomic E-state index is -3.58. The molecule has 6 heteroatoms. The first-order chi connectivity index (χ1) is 8.57.